The maximum Gasteiger partial charge on any atom is 0.164 e. The molecule has 0 saturated heterocycles. The number of fused-ring (bicyclic) bond motifs is 1. The minimum absolute atomic E-state index is 0.270. The molecule has 0 unspecified atom stereocenters. The summed E-state index contributed by atoms with van der Waals surface area (Å²) in [5, 5.41) is 8.07. The summed E-state index contributed by atoms with van der Waals surface area (Å²) in [4.78, 5) is 11.8. The van der Waals surface area contributed by atoms with Crippen molar-refractivity contribution < 1.29 is 4.79 Å². The molecular weight excluding hydrogens is 228 g/mol. The minimum Gasteiger partial charge on any atom is -0.343 e. The third-order valence-corrected chi connectivity index (χ3v) is 3.54. The summed E-state index contributed by atoms with van der Waals surface area (Å²) >= 11 is 0. The van der Waals surface area contributed by atoms with Crippen molar-refractivity contribution in [1.29, 1.82) is 0 Å². The molecule has 0 aliphatic heterocycles. The van der Waals surface area contributed by atoms with Gasteiger partial charge in [-0.2, -0.15) is 0 Å². The van der Waals surface area contributed by atoms with Crippen molar-refractivity contribution in [3.63, 3.8) is 0 Å². The van der Waals surface area contributed by atoms with E-state index in [-0.39, 0.29) is 5.78 Å². The fourth-order valence-corrected chi connectivity index (χ4v) is 2.55. The van der Waals surface area contributed by atoms with Gasteiger partial charge in [-0.25, -0.2) is 0 Å². The Morgan fingerprint density at radius 3 is 3.06 bits per heavy atom. The predicted molar refractivity (Wildman–Crippen MR) is 66.5 cm³/mol. The third kappa shape index (κ3) is 1.75. The molecule has 0 radical (unpaired) electrons. The number of carbonyl (C=O) groups excluding carboxylic acids is 1. The quantitative estimate of drug-likeness (QED) is 0.825. The second-order valence-electron chi connectivity index (χ2n) is 4.61. The van der Waals surface area contributed by atoms with Gasteiger partial charge >= 0.3 is 0 Å². The van der Waals surface area contributed by atoms with Crippen LogP contribution in [-0.4, -0.2) is 25.1 Å². The molecule has 2 heterocycles. The number of nitrogens with zero attached hydrogens (tertiary/aromatic N) is 4. The first-order valence-corrected chi connectivity index (χ1v) is 6.37. The Bertz CT molecular complexity index is 582. The topological polar surface area (TPSA) is 52.7 Å². The van der Waals surface area contributed by atoms with E-state index in [1.807, 2.05) is 16.8 Å². The largest absolute Gasteiger partial charge is 0.343 e. The van der Waals surface area contributed by atoms with Crippen molar-refractivity contribution in [1.82, 2.24) is 19.3 Å². The van der Waals surface area contributed by atoms with Crippen LogP contribution in [0.3, 0.4) is 0 Å². The van der Waals surface area contributed by atoms with Crippen LogP contribution >= 0.6 is 0 Å². The molecule has 0 amide bonds. The second-order valence-corrected chi connectivity index (χ2v) is 4.61. The molecule has 0 spiro atoms. The molecule has 18 heavy (non-hydrogen) atoms. The van der Waals surface area contributed by atoms with Gasteiger partial charge in [-0.15, -0.1) is 10.2 Å². The average molecular weight is 244 g/mol. The molecule has 0 bridgehead atoms. The van der Waals surface area contributed by atoms with Crippen LogP contribution in [0.4, 0.5) is 0 Å². The Balaban J connectivity index is 1.92. The summed E-state index contributed by atoms with van der Waals surface area (Å²) in [5.74, 6) is 1.21. The zero-order valence-electron chi connectivity index (χ0n) is 10.5. The lowest BCUT2D eigenvalue weighted by Gasteiger charge is -2.14. The van der Waals surface area contributed by atoms with Crippen LogP contribution < -0.4 is 0 Å². The average Bonchev–Trinajstić information content (AvgIpc) is 2.98. The predicted octanol–water partition coefficient (Wildman–Crippen LogP) is 1.67. The highest BCUT2D eigenvalue weighted by atomic mass is 16.1. The van der Waals surface area contributed by atoms with Gasteiger partial charge in [0.1, 0.15) is 6.33 Å². The van der Waals surface area contributed by atoms with Crippen molar-refractivity contribution >= 4 is 5.78 Å². The first-order valence-electron chi connectivity index (χ1n) is 6.37. The van der Waals surface area contributed by atoms with Gasteiger partial charge in [-0.1, -0.05) is 0 Å². The number of rotatable bonds is 3. The van der Waals surface area contributed by atoms with Crippen molar-refractivity contribution in [2.45, 2.75) is 39.3 Å². The first-order chi connectivity index (χ1) is 8.79. The van der Waals surface area contributed by atoms with Crippen molar-refractivity contribution in [2.75, 3.05) is 0 Å². The molecule has 0 aromatic carbocycles. The van der Waals surface area contributed by atoms with E-state index >= 15 is 0 Å². The molecule has 0 saturated carbocycles. The maximum absolute atomic E-state index is 11.8. The summed E-state index contributed by atoms with van der Waals surface area (Å²) in [7, 11) is 0. The molecule has 5 heteroatoms. The van der Waals surface area contributed by atoms with Gasteiger partial charge in [-0.05, 0) is 25.8 Å². The molecule has 1 aliphatic carbocycles. The molecule has 0 atom stereocenters. The van der Waals surface area contributed by atoms with E-state index in [4.69, 9.17) is 0 Å². The lowest BCUT2D eigenvalue weighted by atomic mass is 9.97. The number of aromatic nitrogens is 4. The fraction of sp³-hybridized carbons (Fsp3) is 0.462. The van der Waals surface area contributed by atoms with E-state index < -0.39 is 0 Å². The maximum atomic E-state index is 11.8. The van der Waals surface area contributed by atoms with E-state index in [1.165, 1.54) is 0 Å². The van der Waals surface area contributed by atoms with Gasteiger partial charge in [0.25, 0.3) is 0 Å². The van der Waals surface area contributed by atoms with Gasteiger partial charge in [0.2, 0.25) is 0 Å². The van der Waals surface area contributed by atoms with Crippen LogP contribution in [0.2, 0.25) is 0 Å². The molecule has 2 aromatic heterocycles. The summed E-state index contributed by atoms with van der Waals surface area (Å²) in [5.41, 5.74) is 2.04. The third-order valence-electron chi connectivity index (χ3n) is 3.54. The zero-order chi connectivity index (χ0) is 12.5. The Hall–Kier alpha value is -1.91. The smallest absolute Gasteiger partial charge is 0.164 e. The molecule has 94 valence electrons. The van der Waals surface area contributed by atoms with E-state index in [0.29, 0.717) is 13.0 Å². The van der Waals surface area contributed by atoms with Gasteiger partial charge in [-0.3, -0.25) is 4.79 Å². The molecule has 5 nitrogen and oxygen atoms in total. The number of aryl methyl sites for hydroxylation is 1. The molecule has 3 rings (SSSR count). The summed E-state index contributed by atoms with van der Waals surface area (Å²) in [6, 6.07) is 1.93. The molecule has 0 N–H and O–H groups in total. The molecular formula is C13H16N4O. The Morgan fingerprint density at radius 1 is 1.33 bits per heavy atom. The molecule has 2 aromatic rings. The summed E-state index contributed by atoms with van der Waals surface area (Å²) < 4.78 is 4.15. The molecule has 1 aliphatic rings. The van der Waals surface area contributed by atoms with Gasteiger partial charge in [0.05, 0.1) is 6.54 Å². The number of hydrogen-bond acceptors (Lipinski definition) is 3. The van der Waals surface area contributed by atoms with Crippen LogP contribution in [0, 0.1) is 0 Å². The first kappa shape index (κ1) is 11.2. The van der Waals surface area contributed by atoms with Gasteiger partial charge in [0.15, 0.2) is 11.6 Å². The van der Waals surface area contributed by atoms with Gasteiger partial charge < -0.3 is 9.13 Å². The lowest BCUT2D eigenvalue weighted by molar-refractivity contribution is 0.0972. The van der Waals surface area contributed by atoms with Crippen LogP contribution in [0.15, 0.2) is 18.6 Å². The monoisotopic (exact) mass is 244 g/mol. The summed E-state index contributed by atoms with van der Waals surface area (Å²) in [6.45, 7) is 3.63. The zero-order valence-corrected chi connectivity index (χ0v) is 10.5. The van der Waals surface area contributed by atoms with Crippen molar-refractivity contribution in [3.05, 3.63) is 35.7 Å². The fourth-order valence-electron chi connectivity index (χ4n) is 2.55. The van der Waals surface area contributed by atoms with E-state index in [9.17, 15) is 4.79 Å². The molecule has 0 fully saturated rings. The Morgan fingerprint density at radius 2 is 2.22 bits per heavy atom. The highest BCUT2D eigenvalue weighted by Gasteiger charge is 2.21. The SMILES string of the molecule is CCn1cnnc1Cn1ccc2c1CCCC2=O. The standard InChI is InChI=1S/C13H16N4O/c1-2-16-9-14-15-13(16)8-17-7-6-10-11(17)4-3-5-12(10)18/h6-7,9H,2-5,8H2,1H3. The van der Waals surface area contributed by atoms with E-state index in [0.717, 1.165) is 36.5 Å². The Labute approximate surface area is 105 Å². The number of hydrogen-bond donors (Lipinski definition) is 0. The second kappa shape index (κ2) is 4.40. The van der Waals surface area contributed by atoms with Crippen LogP contribution in [0.5, 0.6) is 0 Å². The van der Waals surface area contributed by atoms with E-state index in [1.54, 1.807) is 6.33 Å². The normalized spacial score (nSPS) is 14.8. The van der Waals surface area contributed by atoms with Crippen molar-refractivity contribution in [3.8, 4) is 0 Å². The number of Topliss-reactive ketones (excluding diaryl/α,β-unsaturated/α-hetero) is 1. The van der Waals surface area contributed by atoms with Crippen LogP contribution in [-0.2, 0) is 19.5 Å². The highest BCUT2D eigenvalue weighted by molar-refractivity contribution is 5.98. The van der Waals surface area contributed by atoms with Gasteiger partial charge in [0, 0.05) is 30.4 Å². The lowest BCUT2D eigenvalue weighted by Crippen LogP contribution is -2.15. The minimum atomic E-state index is 0.270. The number of ketones is 1. The van der Waals surface area contributed by atoms with Crippen molar-refractivity contribution in [2.24, 2.45) is 0 Å². The van der Waals surface area contributed by atoms with E-state index in [2.05, 4.69) is 21.7 Å². The Kier molecular flexibility index (Phi) is 2.74. The highest BCUT2D eigenvalue weighted by Crippen LogP contribution is 2.22. The summed E-state index contributed by atoms with van der Waals surface area (Å²) in [6.07, 6.45) is 6.35. The van der Waals surface area contributed by atoms with Crippen LogP contribution in [0.1, 0.15) is 41.6 Å². The number of carbonyl (C=O) groups is 1. The van der Waals surface area contributed by atoms with Crippen LogP contribution in [0.25, 0.3) is 0 Å².